The molecule has 0 fully saturated rings. The van der Waals surface area contributed by atoms with Gasteiger partial charge in [0.1, 0.15) is 0 Å². The molecule has 0 radical (unpaired) electrons. The Morgan fingerprint density at radius 2 is 2.05 bits per heavy atom. The first kappa shape index (κ1) is 16.5. The van der Waals surface area contributed by atoms with E-state index in [-0.39, 0.29) is 11.7 Å². The molecule has 0 aliphatic heterocycles. The zero-order chi connectivity index (χ0) is 15.2. The molecule has 1 amide bonds. The molecular formula is C14H18F3NO2. The van der Waals surface area contributed by atoms with Crippen LogP contribution in [0.3, 0.4) is 0 Å². The molecule has 20 heavy (non-hydrogen) atoms. The van der Waals surface area contributed by atoms with Crippen LogP contribution < -0.4 is 5.32 Å². The van der Waals surface area contributed by atoms with Gasteiger partial charge >= 0.3 is 6.18 Å². The average Bonchev–Trinajstić information content (AvgIpc) is 2.37. The van der Waals surface area contributed by atoms with Gasteiger partial charge in [-0.15, -0.1) is 0 Å². The Kier molecular flexibility index (Phi) is 6.01. The van der Waals surface area contributed by atoms with Crippen molar-refractivity contribution < 1.29 is 22.7 Å². The van der Waals surface area contributed by atoms with Crippen molar-refractivity contribution in [1.29, 1.82) is 0 Å². The van der Waals surface area contributed by atoms with Gasteiger partial charge in [0.2, 0.25) is 0 Å². The van der Waals surface area contributed by atoms with E-state index in [1.54, 1.807) is 0 Å². The predicted molar refractivity (Wildman–Crippen MR) is 69.5 cm³/mol. The monoisotopic (exact) mass is 289 g/mol. The number of ether oxygens (including phenoxy) is 1. The number of benzene rings is 1. The molecule has 0 aliphatic carbocycles. The zero-order valence-electron chi connectivity index (χ0n) is 11.5. The summed E-state index contributed by atoms with van der Waals surface area (Å²) >= 11 is 0. The van der Waals surface area contributed by atoms with Gasteiger partial charge in [0, 0.05) is 18.7 Å². The van der Waals surface area contributed by atoms with Crippen LogP contribution in [0, 0.1) is 0 Å². The lowest BCUT2D eigenvalue weighted by molar-refractivity contribution is -0.137. The minimum Gasteiger partial charge on any atom is -0.379 e. The van der Waals surface area contributed by atoms with Crippen LogP contribution in [0.15, 0.2) is 24.3 Å². The Morgan fingerprint density at radius 1 is 1.35 bits per heavy atom. The molecule has 0 heterocycles. The lowest BCUT2D eigenvalue weighted by Crippen LogP contribution is -2.26. The molecule has 1 aromatic rings. The molecule has 0 saturated carbocycles. The van der Waals surface area contributed by atoms with E-state index < -0.39 is 17.6 Å². The quantitative estimate of drug-likeness (QED) is 0.816. The average molecular weight is 289 g/mol. The van der Waals surface area contributed by atoms with Gasteiger partial charge in [-0.3, -0.25) is 4.79 Å². The number of hydrogen-bond acceptors (Lipinski definition) is 2. The van der Waals surface area contributed by atoms with Crippen molar-refractivity contribution in [3.05, 3.63) is 35.4 Å². The summed E-state index contributed by atoms with van der Waals surface area (Å²) in [5.74, 6) is -0.513. The van der Waals surface area contributed by atoms with Crippen LogP contribution in [0.4, 0.5) is 13.2 Å². The minimum atomic E-state index is -4.44. The van der Waals surface area contributed by atoms with Crippen molar-refractivity contribution >= 4 is 5.91 Å². The summed E-state index contributed by atoms with van der Waals surface area (Å²) in [4.78, 5) is 11.7. The largest absolute Gasteiger partial charge is 0.416 e. The van der Waals surface area contributed by atoms with Crippen LogP contribution in [-0.2, 0) is 10.9 Å². The summed E-state index contributed by atoms with van der Waals surface area (Å²) in [5, 5.41) is 2.57. The van der Waals surface area contributed by atoms with Gasteiger partial charge < -0.3 is 10.1 Å². The molecular weight excluding hydrogens is 271 g/mol. The summed E-state index contributed by atoms with van der Waals surface area (Å²) in [5.41, 5.74) is -0.821. The molecule has 3 nitrogen and oxygen atoms in total. The highest BCUT2D eigenvalue weighted by atomic mass is 19.4. The van der Waals surface area contributed by atoms with E-state index in [0.717, 1.165) is 12.1 Å². The van der Waals surface area contributed by atoms with Gasteiger partial charge in [-0.1, -0.05) is 6.07 Å². The van der Waals surface area contributed by atoms with Crippen molar-refractivity contribution in [3.63, 3.8) is 0 Å². The summed E-state index contributed by atoms with van der Waals surface area (Å²) in [6.07, 6.45) is -3.71. The highest BCUT2D eigenvalue weighted by molar-refractivity contribution is 5.94. The second kappa shape index (κ2) is 7.28. The number of carbonyl (C=O) groups is 1. The normalized spacial score (nSPS) is 11.7. The summed E-state index contributed by atoms with van der Waals surface area (Å²) in [6, 6.07) is 4.36. The molecule has 0 saturated heterocycles. The topological polar surface area (TPSA) is 38.3 Å². The van der Waals surface area contributed by atoms with Crippen molar-refractivity contribution in [3.8, 4) is 0 Å². The maximum absolute atomic E-state index is 12.5. The van der Waals surface area contributed by atoms with E-state index in [0.29, 0.717) is 19.6 Å². The molecule has 112 valence electrons. The number of hydrogen-bond donors (Lipinski definition) is 1. The number of halogens is 3. The van der Waals surface area contributed by atoms with E-state index in [1.165, 1.54) is 12.1 Å². The summed E-state index contributed by atoms with van der Waals surface area (Å²) in [6.45, 7) is 4.67. The second-order valence-electron chi connectivity index (χ2n) is 4.61. The molecule has 1 rings (SSSR count). The standard InChI is InChI=1S/C14H18F3NO2/c1-10(2)20-8-4-7-18-13(19)11-5-3-6-12(9-11)14(15,16)17/h3,5-6,9-10H,4,7-8H2,1-2H3,(H,18,19). The molecule has 0 aliphatic rings. The predicted octanol–water partition coefficient (Wildman–Crippen LogP) is 3.25. The fraction of sp³-hybridized carbons (Fsp3) is 0.500. The van der Waals surface area contributed by atoms with Gasteiger partial charge in [0.05, 0.1) is 11.7 Å². The second-order valence-corrected chi connectivity index (χ2v) is 4.61. The molecule has 0 aromatic heterocycles. The fourth-order valence-electron chi connectivity index (χ4n) is 1.53. The zero-order valence-corrected chi connectivity index (χ0v) is 11.5. The van der Waals surface area contributed by atoms with Crippen LogP contribution in [-0.4, -0.2) is 25.2 Å². The first-order valence-corrected chi connectivity index (χ1v) is 6.38. The molecule has 0 atom stereocenters. The molecule has 0 spiro atoms. The maximum atomic E-state index is 12.5. The van der Waals surface area contributed by atoms with Crippen molar-refractivity contribution in [2.75, 3.05) is 13.2 Å². The van der Waals surface area contributed by atoms with Gasteiger partial charge in [0.15, 0.2) is 0 Å². The Hall–Kier alpha value is -1.56. The molecule has 0 bridgehead atoms. The Morgan fingerprint density at radius 3 is 2.65 bits per heavy atom. The smallest absolute Gasteiger partial charge is 0.379 e. The van der Waals surface area contributed by atoms with Crippen LogP contribution >= 0.6 is 0 Å². The van der Waals surface area contributed by atoms with Crippen LogP contribution in [0.1, 0.15) is 36.2 Å². The Balaban J connectivity index is 2.48. The van der Waals surface area contributed by atoms with Gasteiger partial charge in [-0.25, -0.2) is 0 Å². The van der Waals surface area contributed by atoms with Crippen molar-refractivity contribution in [1.82, 2.24) is 5.32 Å². The first-order chi connectivity index (χ1) is 9.30. The third-order valence-electron chi connectivity index (χ3n) is 2.51. The van der Waals surface area contributed by atoms with Crippen LogP contribution in [0.25, 0.3) is 0 Å². The van der Waals surface area contributed by atoms with E-state index >= 15 is 0 Å². The SMILES string of the molecule is CC(C)OCCCNC(=O)c1cccc(C(F)(F)F)c1. The highest BCUT2D eigenvalue weighted by Gasteiger charge is 2.30. The number of alkyl halides is 3. The molecule has 1 N–H and O–H groups in total. The number of carbonyl (C=O) groups excluding carboxylic acids is 1. The third kappa shape index (κ3) is 5.61. The van der Waals surface area contributed by atoms with Crippen molar-refractivity contribution in [2.24, 2.45) is 0 Å². The van der Waals surface area contributed by atoms with E-state index in [4.69, 9.17) is 4.74 Å². The minimum absolute atomic E-state index is 0.00426. The summed E-state index contributed by atoms with van der Waals surface area (Å²) < 4.78 is 42.8. The lowest BCUT2D eigenvalue weighted by Gasteiger charge is -2.10. The molecule has 1 aromatic carbocycles. The van der Waals surface area contributed by atoms with Gasteiger partial charge in [-0.05, 0) is 38.5 Å². The van der Waals surface area contributed by atoms with E-state index in [9.17, 15) is 18.0 Å². The van der Waals surface area contributed by atoms with E-state index in [1.807, 2.05) is 13.8 Å². The van der Waals surface area contributed by atoms with E-state index in [2.05, 4.69) is 5.32 Å². The lowest BCUT2D eigenvalue weighted by atomic mass is 10.1. The Labute approximate surface area is 116 Å². The van der Waals surface area contributed by atoms with Crippen LogP contribution in [0.2, 0.25) is 0 Å². The van der Waals surface area contributed by atoms with Gasteiger partial charge in [0.25, 0.3) is 5.91 Å². The van der Waals surface area contributed by atoms with Crippen molar-refractivity contribution in [2.45, 2.75) is 32.5 Å². The highest BCUT2D eigenvalue weighted by Crippen LogP contribution is 2.29. The van der Waals surface area contributed by atoms with Crippen LogP contribution in [0.5, 0.6) is 0 Å². The number of nitrogens with one attached hydrogen (secondary N) is 1. The number of rotatable bonds is 6. The summed E-state index contributed by atoms with van der Waals surface area (Å²) in [7, 11) is 0. The molecule has 6 heteroatoms. The maximum Gasteiger partial charge on any atom is 0.416 e. The third-order valence-corrected chi connectivity index (χ3v) is 2.51. The Bertz CT molecular complexity index is 444. The first-order valence-electron chi connectivity index (χ1n) is 6.38. The number of amides is 1. The molecule has 0 unspecified atom stereocenters. The fourth-order valence-corrected chi connectivity index (χ4v) is 1.53. The van der Waals surface area contributed by atoms with Gasteiger partial charge in [-0.2, -0.15) is 13.2 Å².